The van der Waals surface area contributed by atoms with E-state index in [1.807, 2.05) is 18.2 Å². The summed E-state index contributed by atoms with van der Waals surface area (Å²) in [5.41, 5.74) is 2.18. The maximum Gasteiger partial charge on any atom is 0.238 e. The molecule has 2 aromatic rings. The Kier molecular flexibility index (Phi) is 4.27. The molecule has 2 amide bonds. The molecule has 2 aliphatic carbocycles. The quantitative estimate of drug-likeness (QED) is 0.663. The number of rotatable bonds is 4. The molecule has 164 valence electrons. The van der Waals surface area contributed by atoms with Gasteiger partial charge in [0.2, 0.25) is 11.8 Å². The molecule has 3 fully saturated rings. The van der Waals surface area contributed by atoms with Crippen LogP contribution in [-0.2, 0) is 14.4 Å². The van der Waals surface area contributed by atoms with Gasteiger partial charge in [0.05, 0.1) is 37.5 Å². The molecule has 32 heavy (non-hydrogen) atoms. The van der Waals surface area contributed by atoms with Crippen molar-refractivity contribution in [1.82, 2.24) is 0 Å². The number of anilines is 1. The van der Waals surface area contributed by atoms with Gasteiger partial charge in [-0.05, 0) is 48.7 Å². The van der Waals surface area contributed by atoms with E-state index in [0.29, 0.717) is 22.2 Å². The lowest BCUT2D eigenvalue weighted by molar-refractivity contribution is -0.125. The van der Waals surface area contributed by atoms with E-state index >= 15 is 0 Å². The molecular weight excluding hydrogens is 432 g/mol. The van der Waals surface area contributed by atoms with Crippen molar-refractivity contribution >= 4 is 34.8 Å². The molecule has 2 bridgehead atoms. The van der Waals surface area contributed by atoms with Gasteiger partial charge in [0.1, 0.15) is 17.6 Å². The van der Waals surface area contributed by atoms with Crippen LogP contribution in [0.1, 0.15) is 12.0 Å². The standard InChI is InChI=1S/C24H21ClN2O5/c1-30-13-7-8-14(17(9-13)31-2)21-20-15-10-16(22(20)32-26-21)19-18(15)23(28)27(24(19)29)12-5-3-11(25)4-6-12/h3-9,15-16,18-20,22H,10H2,1-2H3/t15-,16+,18-,19+,20-,22-/m1/s1. The number of carbonyl (C=O) groups excluding carboxylic acids is 2. The largest absolute Gasteiger partial charge is 0.497 e. The van der Waals surface area contributed by atoms with Crippen LogP contribution >= 0.6 is 11.6 Å². The Morgan fingerprint density at radius 2 is 1.69 bits per heavy atom. The minimum Gasteiger partial charge on any atom is -0.497 e. The number of ether oxygens (including phenoxy) is 2. The molecule has 0 unspecified atom stereocenters. The first-order valence-electron chi connectivity index (χ1n) is 10.6. The van der Waals surface area contributed by atoms with E-state index in [1.165, 1.54) is 4.90 Å². The molecule has 0 spiro atoms. The number of nitrogens with zero attached hydrogens (tertiary/aromatic N) is 2. The molecule has 2 heterocycles. The molecule has 4 aliphatic rings. The molecule has 6 atom stereocenters. The molecule has 2 aliphatic heterocycles. The van der Waals surface area contributed by atoms with Crippen LogP contribution < -0.4 is 14.4 Å². The Morgan fingerprint density at radius 3 is 2.38 bits per heavy atom. The summed E-state index contributed by atoms with van der Waals surface area (Å²) in [5.74, 6) is 0.232. The van der Waals surface area contributed by atoms with Crippen molar-refractivity contribution in [3.63, 3.8) is 0 Å². The molecule has 6 rings (SSSR count). The van der Waals surface area contributed by atoms with Crippen LogP contribution in [0.2, 0.25) is 5.02 Å². The van der Waals surface area contributed by atoms with E-state index in [4.69, 9.17) is 25.9 Å². The first-order valence-corrected chi connectivity index (χ1v) is 11.0. The number of imide groups is 1. The van der Waals surface area contributed by atoms with Crippen molar-refractivity contribution in [2.24, 2.45) is 34.7 Å². The van der Waals surface area contributed by atoms with Crippen molar-refractivity contribution in [3.8, 4) is 11.5 Å². The molecule has 2 saturated carbocycles. The van der Waals surface area contributed by atoms with Crippen molar-refractivity contribution in [1.29, 1.82) is 0 Å². The van der Waals surface area contributed by atoms with Crippen LogP contribution in [0.4, 0.5) is 5.69 Å². The third-order valence-corrected chi connectivity index (χ3v) is 7.71. The number of hydrogen-bond donors (Lipinski definition) is 0. The molecule has 0 N–H and O–H groups in total. The van der Waals surface area contributed by atoms with Crippen LogP contribution in [0.25, 0.3) is 0 Å². The van der Waals surface area contributed by atoms with Gasteiger partial charge < -0.3 is 14.3 Å². The minimum atomic E-state index is -0.364. The second kappa shape index (κ2) is 6.97. The number of halogens is 1. The molecule has 8 heteroatoms. The van der Waals surface area contributed by atoms with Gasteiger partial charge in [0.15, 0.2) is 0 Å². The predicted molar refractivity (Wildman–Crippen MR) is 117 cm³/mol. The van der Waals surface area contributed by atoms with Crippen LogP contribution in [-0.4, -0.2) is 37.8 Å². The lowest BCUT2D eigenvalue weighted by atomic mass is 9.71. The van der Waals surface area contributed by atoms with E-state index in [2.05, 4.69) is 5.16 Å². The summed E-state index contributed by atoms with van der Waals surface area (Å²) in [6, 6.07) is 12.4. The maximum absolute atomic E-state index is 13.5. The molecule has 1 saturated heterocycles. The van der Waals surface area contributed by atoms with Gasteiger partial charge in [-0.1, -0.05) is 16.8 Å². The highest BCUT2D eigenvalue weighted by Gasteiger charge is 2.70. The normalized spacial score (nSPS) is 32.0. The molecule has 0 radical (unpaired) electrons. The van der Waals surface area contributed by atoms with E-state index in [1.54, 1.807) is 38.5 Å². The zero-order valence-corrected chi connectivity index (χ0v) is 18.3. The Morgan fingerprint density at radius 1 is 0.969 bits per heavy atom. The number of oxime groups is 1. The summed E-state index contributed by atoms with van der Waals surface area (Å²) in [5, 5.41) is 4.97. The average molecular weight is 453 g/mol. The van der Waals surface area contributed by atoms with Gasteiger partial charge in [-0.25, -0.2) is 0 Å². The fourth-order valence-corrected chi connectivity index (χ4v) is 6.33. The molecule has 7 nitrogen and oxygen atoms in total. The molecular formula is C24H21ClN2O5. The molecule has 0 aromatic heterocycles. The smallest absolute Gasteiger partial charge is 0.238 e. The first-order chi connectivity index (χ1) is 15.5. The van der Waals surface area contributed by atoms with Gasteiger partial charge in [-0.15, -0.1) is 0 Å². The predicted octanol–water partition coefficient (Wildman–Crippen LogP) is 3.53. The second-order valence-corrected chi connectivity index (χ2v) is 9.18. The van der Waals surface area contributed by atoms with Crippen molar-refractivity contribution in [2.45, 2.75) is 12.5 Å². The van der Waals surface area contributed by atoms with E-state index < -0.39 is 0 Å². The summed E-state index contributed by atoms with van der Waals surface area (Å²) in [6.45, 7) is 0. The Hall–Kier alpha value is -3.06. The van der Waals surface area contributed by atoms with Gasteiger partial charge >= 0.3 is 0 Å². The summed E-state index contributed by atoms with van der Waals surface area (Å²) < 4.78 is 10.9. The fourth-order valence-electron chi connectivity index (χ4n) is 6.20. The lowest BCUT2D eigenvalue weighted by Gasteiger charge is -2.30. The van der Waals surface area contributed by atoms with Gasteiger partial charge in [-0.2, -0.15) is 0 Å². The zero-order valence-electron chi connectivity index (χ0n) is 17.5. The SMILES string of the molecule is COc1ccc(C2=NO[C@@H]3[C@H]4C[C@H]([C@H]5C(=O)N(c6ccc(Cl)cc6)C(=O)[C@@H]45)[C@H]23)c(OC)c1. The lowest BCUT2D eigenvalue weighted by Crippen LogP contribution is -2.41. The minimum absolute atomic E-state index is 0.00296. The summed E-state index contributed by atoms with van der Waals surface area (Å²) in [6.07, 6.45) is 0.582. The molecule has 2 aromatic carbocycles. The van der Waals surface area contributed by atoms with Gasteiger partial charge in [0.25, 0.3) is 0 Å². The van der Waals surface area contributed by atoms with Gasteiger partial charge in [-0.3, -0.25) is 14.5 Å². The van der Waals surface area contributed by atoms with Gasteiger partial charge in [0, 0.05) is 28.5 Å². The Balaban J connectivity index is 1.35. The maximum atomic E-state index is 13.5. The highest BCUT2D eigenvalue weighted by atomic mass is 35.5. The number of hydrogen-bond acceptors (Lipinski definition) is 6. The van der Waals surface area contributed by atoms with Crippen LogP contribution in [0.3, 0.4) is 0 Å². The van der Waals surface area contributed by atoms with E-state index in [-0.39, 0.29) is 47.5 Å². The average Bonchev–Trinajstić information content (AvgIpc) is 3.54. The summed E-state index contributed by atoms with van der Waals surface area (Å²) >= 11 is 5.99. The summed E-state index contributed by atoms with van der Waals surface area (Å²) in [7, 11) is 3.21. The topological polar surface area (TPSA) is 77.4 Å². The van der Waals surface area contributed by atoms with E-state index in [0.717, 1.165) is 17.7 Å². The van der Waals surface area contributed by atoms with E-state index in [9.17, 15) is 9.59 Å². The van der Waals surface area contributed by atoms with Crippen LogP contribution in [0.5, 0.6) is 11.5 Å². The first kappa shape index (κ1) is 19.6. The van der Waals surface area contributed by atoms with Crippen molar-refractivity contribution < 1.29 is 23.9 Å². The number of methoxy groups -OCH3 is 2. The third kappa shape index (κ3) is 2.51. The monoisotopic (exact) mass is 452 g/mol. The second-order valence-electron chi connectivity index (χ2n) is 8.74. The highest BCUT2D eigenvalue weighted by molar-refractivity contribution is 6.31. The summed E-state index contributed by atoms with van der Waals surface area (Å²) in [4.78, 5) is 34.0. The van der Waals surface area contributed by atoms with Crippen LogP contribution in [0.15, 0.2) is 47.6 Å². The van der Waals surface area contributed by atoms with Crippen LogP contribution in [0, 0.1) is 29.6 Å². The Labute approximate surface area is 189 Å². The highest BCUT2D eigenvalue weighted by Crippen LogP contribution is 2.62. The van der Waals surface area contributed by atoms with Crippen molar-refractivity contribution in [3.05, 3.63) is 53.1 Å². The Bertz CT molecular complexity index is 1160. The number of carbonyl (C=O) groups is 2. The van der Waals surface area contributed by atoms with Crippen molar-refractivity contribution in [2.75, 3.05) is 19.1 Å². The number of fused-ring (bicyclic) bond motifs is 8. The zero-order chi connectivity index (χ0) is 22.1. The number of benzene rings is 2. The fraction of sp³-hybridized carbons (Fsp3) is 0.375. The third-order valence-electron chi connectivity index (χ3n) is 7.46. The number of amides is 2.